The number of carbonyl (C=O) groups is 1. The monoisotopic (exact) mass is 487 g/mol. The molecule has 0 aliphatic carbocycles. The maximum absolute atomic E-state index is 13.6. The Hall–Kier alpha value is -3.98. The molecule has 5 rings (SSSR count). The summed E-state index contributed by atoms with van der Waals surface area (Å²) in [5.41, 5.74) is 2.61. The van der Waals surface area contributed by atoms with E-state index in [-0.39, 0.29) is 23.1 Å². The standard InChI is InChI=1S/C26H22FN5O2S/c1-16(2)19-10-3-5-12-21(19)31-24(34)20-11-4-6-13-22(20)32-25(31)29-30-26(32)35-15-23(33)28-18-9-7-8-17(27)14-18/h3-14,16H,15H2,1-2H3,(H,28,33). The summed E-state index contributed by atoms with van der Waals surface area (Å²) in [5.74, 6) is -0.138. The summed E-state index contributed by atoms with van der Waals surface area (Å²) in [5, 5.41) is 12.3. The maximum atomic E-state index is 13.6. The molecule has 2 aromatic heterocycles. The zero-order chi connectivity index (χ0) is 24.5. The molecule has 0 unspecified atom stereocenters. The Morgan fingerprint density at radius 3 is 2.60 bits per heavy atom. The molecule has 3 aromatic carbocycles. The van der Waals surface area contributed by atoms with E-state index in [0.29, 0.717) is 27.5 Å². The number of para-hydroxylation sites is 2. The topological polar surface area (TPSA) is 81.3 Å². The van der Waals surface area contributed by atoms with Gasteiger partial charge in [-0.25, -0.2) is 8.96 Å². The van der Waals surface area contributed by atoms with Gasteiger partial charge in [0.05, 0.1) is 22.3 Å². The lowest BCUT2D eigenvalue weighted by Gasteiger charge is -2.16. The van der Waals surface area contributed by atoms with E-state index in [1.807, 2.05) is 42.5 Å². The Morgan fingerprint density at radius 1 is 1.03 bits per heavy atom. The van der Waals surface area contributed by atoms with Crippen molar-refractivity contribution in [3.8, 4) is 5.69 Å². The number of aromatic nitrogens is 4. The molecule has 1 amide bonds. The average Bonchev–Trinajstić information content (AvgIpc) is 3.27. The fourth-order valence-electron chi connectivity index (χ4n) is 4.06. The lowest BCUT2D eigenvalue weighted by molar-refractivity contribution is -0.113. The zero-order valence-corrected chi connectivity index (χ0v) is 19.9. The van der Waals surface area contributed by atoms with Crippen molar-refractivity contribution in [3.05, 3.63) is 94.5 Å². The van der Waals surface area contributed by atoms with Crippen molar-refractivity contribution in [1.82, 2.24) is 19.2 Å². The van der Waals surface area contributed by atoms with Gasteiger partial charge in [-0.05, 0) is 47.9 Å². The number of hydrogen-bond acceptors (Lipinski definition) is 5. The molecule has 0 aliphatic heterocycles. The summed E-state index contributed by atoms with van der Waals surface area (Å²) in [7, 11) is 0. The first-order chi connectivity index (χ1) is 16.9. The van der Waals surface area contributed by atoms with Crippen LogP contribution in [-0.4, -0.2) is 30.8 Å². The van der Waals surface area contributed by atoms with E-state index < -0.39 is 5.82 Å². The maximum Gasteiger partial charge on any atom is 0.267 e. The first-order valence-corrected chi connectivity index (χ1v) is 12.1. The van der Waals surface area contributed by atoms with Crippen LogP contribution >= 0.6 is 11.8 Å². The minimum Gasteiger partial charge on any atom is -0.325 e. The number of nitrogens with zero attached hydrogens (tertiary/aromatic N) is 4. The van der Waals surface area contributed by atoms with E-state index in [1.165, 1.54) is 30.0 Å². The molecule has 9 heteroatoms. The second kappa shape index (κ2) is 9.34. The number of nitrogens with one attached hydrogen (secondary N) is 1. The minimum atomic E-state index is -0.426. The smallest absolute Gasteiger partial charge is 0.267 e. The van der Waals surface area contributed by atoms with E-state index in [1.54, 1.807) is 21.1 Å². The Labute approximate surface area is 204 Å². The number of fused-ring (bicyclic) bond motifs is 3. The molecule has 0 saturated heterocycles. The number of anilines is 1. The second-order valence-corrected chi connectivity index (χ2v) is 9.28. The molecule has 0 aliphatic rings. The van der Waals surface area contributed by atoms with Gasteiger partial charge in [0, 0.05) is 5.69 Å². The van der Waals surface area contributed by atoms with Gasteiger partial charge < -0.3 is 5.32 Å². The zero-order valence-electron chi connectivity index (χ0n) is 19.1. The lowest BCUT2D eigenvalue weighted by atomic mass is 10.0. The van der Waals surface area contributed by atoms with Crippen molar-refractivity contribution in [2.45, 2.75) is 24.9 Å². The van der Waals surface area contributed by atoms with Crippen LogP contribution in [0.15, 0.2) is 82.7 Å². The third-order valence-electron chi connectivity index (χ3n) is 5.64. The Balaban J connectivity index is 1.59. The molecule has 0 radical (unpaired) electrons. The van der Waals surface area contributed by atoms with Crippen LogP contribution in [-0.2, 0) is 4.79 Å². The number of hydrogen-bond donors (Lipinski definition) is 1. The lowest BCUT2D eigenvalue weighted by Crippen LogP contribution is -2.23. The summed E-state index contributed by atoms with van der Waals surface area (Å²) in [4.78, 5) is 26.1. The van der Waals surface area contributed by atoms with Crippen LogP contribution in [0.5, 0.6) is 0 Å². The van der Waals surface area contributed by atoms with E-state index in [2.05, 4.69) is 29.4 Å². The summed E-state index contributed by atoms with van der Waals surface area (Å²) < 4.78 is 16.8. The van der Waals surface area contributed by atoms with Crippen molar-refractivity contribution in [2.24, 2.45) is 0 Å². The van der Waals surface area contributed by atoms with Gasteiger partial charge in [-0.1, -0.05) is 62.0 Å². The number of carbonyl (C=O) groups excluding carboxylic acids is 1. The van der Waals surface area contributed by atoms with Gasteiger partial charge in [0.15, 0.2) is 5.16 Å². The van der Waals surface area contributed by atoms with Gasteiger partial charge in [-0.15, -0.1) is 10.2 Å². The third-order valence-corrected chi connectivity index (χ3v) is 6.56. The quantitative estimate of drug-likeness (QED) is 0.340. The van der Waals surface area contributed by atoms with Crippen molar-refractivity contribution in [3.63, 3.8) is 0 Å². The fraction of sp³-hybridized carbons (Fsp3) is 0.154. The second-order valence-electron chi connectivity index (χ2n) is 8.34. The fourth-order valence-corrected chi connectivity index (χ4v) is 4.80. The van der Waals surface area contributed by atoms with Crippen LogP contribution in [0.3, 0.4) is 0 Å². The summed E-state index contributed by atoms with van der Waals surface area (Å²) in [6.45, 7) is 4.15. The summed E-state index contributed by atoms with van der Waals surface area (Å²) >= 11 is 1.19. The van der Waals surface area contributed by atoms with Gasteiger partial charge in [0.1, 0.15) is 5.82 Å². The Bertz CT molecular complexity index is 1630. The highest BCUT2D eigenvalue weighted by molar-refractivity contribution is 7.99. The molecule has 176 valence electrons. The van der Waals surface area contributed by atoms with Crippen LogP contribution in [0.2, 0.25) is 0 Å². The van der Waals surface area contributed by atoms with Crippen molar-refractivity contribution < 1.29 is 9.18 Å². The van der Waals surface area contributed by atoms with Gasteiger partial charge >= 0.3 is 0 Å². The molecule has 35 heavy (non-hydrogen) atoms. The molecular formula is C26H22FN5O2S. The summed E-state index contributed by atoms with van der Waals surface area (Å²) in [6, 6.07) is 20.7. The molecule has 0 bridgehead atoms. The van der Waals surface area contributed by atoms with E-state index in [0.717, 1.165) is 11.3 Å². The van der Waals surface area contributed by atoms with E-state index >= 15 is 0 Å². The van der Waals surface area contributed by atoms with Crippen LogP contribution in [0, 0.1) is 5.82 Å². The van der Waals surface area contributed by atoms with Crippen molar-refractivity contribution >= 4 is 40.0 Å². The highest BCUT2D eigenvalue weighted by atomic mass is 32.2. The predicted molar refractivity (Wildman–Crippen MR) is 136 cm³/mol. The van der Waals surface area contributed by atoms with Crippen LogP contribution in [0.25, 0.3) is 22.4 Å². The van der Waals surface area contributed by atoms with E-state index in [4.69, 9.17) is 0 Å². The predicted octanol–water partition coefficient (Wildman–Crippen LogP) is 5.03. The molecule has 0 saturated carbocycles. The van der Waals surface area contributed by atoms with E-state index in [9.17, 15) is 14.0 Å². The number of rotatable bonds is 6. The normalized spacial score (nSPS) is 11.4. The number of benzene rings is 3. The third kappa shape index (κ3) is 4.30. The largest absolute Gasteiger partial charge is 0.325 e. The molecule has 0 spiro atoms. The van der Waals surface area contributed by atoms with Crippen LogP contribution in [0.1, 0.15) is 25.3 Å². The summed E-state index contributed by atoms with van der Waals surface area (Å²) in [6.07, 6.45) is 0. The Kier molecular flexibility index (Phi) is 6.08. The van der Waals surface area contributed by atoms with Crippen LogP contribution < -0.4 is 10.9 Å². The molecule has 5 aromatic rings. The van der Waals surface area contributed by atoms with Gasteiger partial charge in [0.25, 0.3) is 5.56 Å². The molecule has 0 atom stereocenters. The number of thioether (sulfide) groups is 1. The number of amides is 1. The molecule has 2 heterocycles. The number of halogens is 1. The highest BCUT2D eigenvalue weighted by Gasteiger charge is 2.20. The first-order valence-electron chi connectivity index (χ1n) is 11.1. The van der Waals surface area contributed by atoms with Crippen molar-refractivity contribution in [1.29, 1.82) is 0 Å². The Morgan fingerprint density at radius 2 is 1.80 bits per heavy atom. The van der Waals surface area contributed by atoms with Crippen LogP contribution in [0.4, 0.5) is 10.1 Å². The SMILES string of the molecule is CC(C)c1ccccc1-n1c(=O)c2ccccc2n2c(SCC(=O)Nc3cccc(F)c3)nnc12. The molecular weight excluding hydrogens is 465 g/mol. The molecule has 7 nitrogen and oxygen atoms in total. The minimum absolute atomic E-state index is 0.0351. The van der Waals surface area contributed by atoms with Gasteiger partial charge in [-0.2, -0.15) is 0 Å². The van der Waals surface area contributed by atoms with Gasteiger partial charge in [-0.3, -0.25) is 14.0 Å². The first kappa shape index (κ1) is 22.8. The van der Waals surface area contributed by atoms with Crippen molar-refractivity contribution in [2.75, 3.05) is 11.1 Å². The molecule has 1 N–H and O–H groups in total. The van der Waals surface area contributed by atoms with Gasteiger partial charge in [0.2, 0.25) is 11.7 Å². The highest BCUT2D eigenvalue weighted by Crippen LogP contribution is 2.27. The average molecular weight is 488 g/mol. The molecule has 0 fully saturated rings.